The van der Waals surface area contributed by atoms with Crippen LogP contribution in [-0.2, 0) is 16.0 Å². The Kier molecular flexibility index (Phi) is 4.96. The summed E-state index contributed by atoms with van der Waals surface area (Å²) >= 11 is 0. The predicted octanol–water partition coefficient (Wildman–Crippen LogP) is 2.00. The summed E-state index contributed by atoms with van der Waals surface area (Å²) in [4.78, 5) is 23.6. The minimum Gasteiger partial charge on any atom is -0.479 e. The number of carboxylic acid groups (broad SMARTS) is 1. The third kappa shape index (κ3) is 3.61. The summed E-state index contributed by atoms with van der Waals surface area (Å²) in [6.45, 7) is 2.50. The van der Waals surface area contributed by atoms with Gasteiger partial charge in [-0.05, 0) is 30.5 Å². The molecule has 1 fully saturated rings. The second kappa shape index (κ2) is 6.72. The van der Waals surface area contributed by atoms with Crippen molar-refractivity contribution in [3.8, 4) is 0 Å². The van der Waals surface area contributed by atoms with Crippen LogP contribution in [0.15, 0.2) is 24.3 Å². The molecule has 0 radical (unpaired) electrons. The fraction of sp³-hybridized carbons (Fsp3) is 0.500. The lowest BCUT2D eigenvalue weighted by Crippen LogP contribution is -2.55. The Morgan fingerprint density at radius 1 is 1.33 bits per heavy atom. The van der Waals surface area contributed by atoms with Crippen LogP contribution in [0, 0.1) is 0 Å². The molecule has 1 amide bonds. The van der Waals surface area contributed by atoms with Crippen molar-refractivity contribution >= 4 is 11.9 Å². The fourth-order valence-electron chi connectivity index (χ4n) is 2.38. The minimum atomic E-state index is -1.29. The monoisotopic (exact) mass is 291 g/mol. The number of ether oxygens (including phenoxy) is 1. The molecule has 1 aromatic rings. The third-order valence-electron chi connectivity index (χ3n) is 3.82. The quantitative estimate of drug-likeness (QED) is 0.840. The molecule has 114 valence electrons. The van der Waals surface area contributed by atoms with Gasteiger partial charge in [0.15, 0.2) is 5.54 Å². The summed E-state index contributed by atoms with van der Waals surface area (Å²) in [5.74, 6) is -1.42. The van der Waals surface area contributed by atoms with Gasteiger partial charge in [-0.3, -0.25) is 4.79 Å². The highest BCUT2D eigenvalue weighted by Crippen LogP contribution is 2.20. The Labute approximate surface area is 124 Å². The van der Waals surface area contributed by atoms with Crippen molar-refractivity contribution in [1.82, 2.24) is 5.32 Å². The molecule has 5 heteroatoms. The van der Waals surface area contributed by atoms with Gasteiger partial charge < -0.3 is 15.2 Å². The molecule has 1 aliphatic heterocycles. The molecule has 0 saturated carbocycles. The molecule has 0 bridgehead atoms. The molecule has 2 rings (SSSR count). The average Bonchev–Trinajstić information content (AvgIpc) is 2.95. The number of nitrogens with one attached hydrogen (secondary N) is 1. The molecule has 0 aromatic heterocycles. The van der Waals surface area contributed by atoms with Crippen molar-refractivity contribution < 1.29 is 19.4 Å². The van der Waals surface area contributed by atoms with E-state index in [9.17, 15) is 14.7 Å². The van der Waals surface area contributed by atoms with Gasteiger partial charge >= 0.3 is 5.97 Å². The molecule has 21 heavy (non-hydrogen) atoms. The van der Waals surface area contributed by atoms with Crippen LogP contribution in [0.5, 0.6) is 0 Å². The molecule has 0 spiro atoms. The zero-order valence-electron chi connectivity index (χ0n) is 12.2. The third-order valence-corrected chi connectivity index (χ3v) is 3.82. The molecule has 1 unspecified atom stereocenters. The van der Waals surface area contributed by atoms with Crippen LogP contribution >= 0.6 is 0 Å². The molecule has 1 saturated heterocycles. The Balaban J connectivity index is 2.04. The summed E-state index contributed by atoms with van der Waals surface area (Å²) in [5.41, 5.74) is 0.367. The van der Waals surface area contributed by atoms with E-state index in [-0.39, 0.29) is 12.5 Å². The molecule has 2 N–H and O–H groups in total. The first kappa shape index (κ1) is 15.5. The van der Waals surface area contributed by atoms with E-state index >= 15 is 0 Å². The second-order valence-electron chi connectivity index (χ2n) is 5.44. The van der Waals surface area contributed by atoms with Crippen LogP contribution < -0.4 is 5.32 Å². The van der Waals surface area contributed by atoms with Crippen LogP contribution in [0.1, 0.15) is 42.1 Å². The maximum atomic E-state index is 12.2. The van der Waals surface area contributed by atoms with Gasteiger partial charge in [-0.2, -0.15) is 0 Å². The Morgan fingerprint density at radius 2 is 2.05 bits per heavy atom. The highest BCUT2D eigenvalue weighted by Gasteiger charge is 2.44. The maximum Gasteiger partial charge on any atom is 0.331 e. The molecule has 1 aromatic carbocycles. The molecular formula is C16H21NO4. The lowest BCUT2D eigenvalue weighted by Gasteiger charge is -2.23. The number of carbonyl (C=O) groups is 2. The number of aliphatic carboxylic acids is 1. The van der Waals surface area contributed by atoms with Gasteiger partial charge in [0.1, 0.15) is 0 Å². The van der Waals surface area contributed by atoms with Crippen molar-refractivity contribution in [2.24, 2.45) is 0 Å². The second-order valence-corrected chi connectivity index (χ2v) is 5.44. The largest absolute Gasteiger partial charge is 0.479 e. The summed E-state index contributed by atoms with van der Waals surface area (Å²) in [6, 6.07) is 7.32. The molecular weight excluding hydrogens is 270 g/mol. The summed E-state index contributed by atoms with van der Waals surface area (Å²) in [7, 11) is 0. The minimum absolute atomic E-state index is 0.0165. The zero-order chi connectivity index (χ0) is 15.3. The number of unbranched alkanes of at least 4 members (excludes halogenated alkanes) is 1. The molecule has 5 nitrogen and oxygen atoms in total. The SMILES string of the molecule is CCCCc1ccc(C(=O)NC2(C(=O)O)CCOC2)cc1. The fourth-order valence-corrected chi connectivity index (χ4v) is 2.38. The van der Waals surface area contributed by atoms with E-state index in [1.165, 1.54) is 5.56 Å². The lowest BCUT2D eigenvalue weighted by molar-refractivity contribution is -0.144. The van der Waals surface area contributed by atoms with Crippen LogP contribution in [0.25, 0.3) is 0 Å². The Morgan fingerprint density at radius 3 is 2.57 bits per heavy atom. The van der Waals surface area contributed by atoms with Gasteiger partial charge in [0, 0.05) is 18.6 Å². The standard InChI is InChI=1S/C16H21NO4/c1-2-3-4-12-5-7-13(8-6-12)14(18)17-16(15(19)20)9-10-21-11-16/h5-8H,2-4,9-11H2,1H3,(H,17,18)(H,19,20). The summed E-state index contributed by atoms with van der Waals surface area (Å²) in [6.07, 6.45) is 3.53. The first-order valence-electron chi connectivity index (χ1n) is 7.30. The van der Waals surface area contributed by atoms with Crippen LogP contribution in [-0.4, -0.2) is 35.7 Å². The van der Waals surface area contributed by atoms with Gasteiger partial charge in [-0.15, -0.1) is 0 Å². The molecule has 1 aliphatic rings. The average molecular weight is 291 g/mol. The number of rotatable bonds is 6. The van der Waals surface area contributed by atoms with E-state index in [4.69, 9.17) is 4.74 Å². The molecule has 1 atom stereocenters. The van der Waals surface area contributed by atoms with Crippen molar-refractivity contribution in [1.29, 1.82) is 0 Å². The van der Waals surface area contributed by atoms with E-state index in [0.29, 0.717) is 18.6 Å². The zero-order valence-corrected chi connectivity index (χ0v) is 12.2. The van der Waals surface area contributed by atoms with Gasteiger partial charge in [0.2, 0.25) is 0 Å². The lowest BCUT2D eigenvalue weighted by atomic mass is 9.98. The van der Waals surface area contributed by atoms with E-state index in [1.54, 1.807) is 12.1 Å². The summed E-state index contributed by atoms with van der Waals surface area (Å²) < 4.78 is 5.13. The number of hydrogen-bond donors (Lipinski definition) is 2. The van der Waals surface area contributed by atoms with Crippen molar-refractivity contribution in [2.45, 2.75) is 38.1 Å². The number of aryl methyl sites for hydroxylation is 1. The molecule has 1 heterocycles. The number of carboxylic acids is 1. The number of amides is 1. The highest BCUT2D eigenvalue weighted by atomic mass is 16.5. The van der Waals surface area contributed by atoms with E-state index in [0.717, 1.165) is 19.3 Å². The van der Waals surface area contributed by atoms with Crippen molar-refractivity contribution in [3.63, 3.8) is 0 Å². The van der Waals surface area contributed by atoms with Crippen LogP contribution in [0.3, 0.4) is 0 Å². The van der Waals surface area contributed by atoms with Gasteiger partial charge in [-0.1, -0.05) is 25.5 Å². The van der Waals surface area contributed by atoms with Crippen molar-refractivity contribution in [3.05, 3.63) is 35.4 Å². The van der Waals surface area contributed by atoms with E-state index < -0.39 is 11.5 Å². The number of benzene rings is 1. The van der Waals surface area contributed by atoms with E-state index in [2.05, 4.69) is 12.2 Å². The summed E-state index contributed by atoms with van der Waals surface area (Å²) in [5, 5.41) is 11.9. The van der Waals surface area contributed by atoms with Gasteiger partial charge in [-0.25, -0.2) is 4.79 Å². The predicted molar refractivity (Wildman–Crippen MR) is 78.3 cm³/mol. The van der Waals surface area contributed by atoms with Gasteiger partial charge in [0.05, 0.1) is 6.61 Å². The van der Waals surface area contributed by atoms with E-state index in [1.807, 2.05) is 12.1 Å². The van der Waals surface area contributed by atoms with Gasteiger partial charge in [0.25, 0.3) is 5.91 Å². The van der Waals surface area contributed by atoms with Crippen LogP contribution in [0.4, 0.5) is 0 Å². The number of hydrogen-bond acceptors (Lipinski definition) is 3. The normalized spacial score (nSPS) is 21.2. The first-order chi connectivity index (χ1) is 10.1. The Hall–Kier alpha value is -1.88. The van der Waals surface area contributed by atoms with Crippen molar-refractivity contribution in [2.75, 3.05) is 13.2 Å². The molecule has 0 aliphatic carbocycles. The number of carbonyl (C=O) groups excluding carboxylic acids is 1. The smallest absolute Gasteiger partial charge is 0.331 e. The first-order valence-corrected chi connectivity index (χ1v) is 7.30. The van der Waals surface area contributed by atoms with Crippen LogP contribution in [0.2, 0.25) is 0 Å². The topological polar surface area (TPSA) is 75.6 Å². The highest BCUT2D eigenvalue weighted by molar-refractivity contribution is 5.98. The maximum absolute atomic E-state index is 12.2. The Bertz CT molecular complexity index is 504.